The van der Waals surface area contributed by atoms with Crippen LogP contribution in [0.4, 0.5) is 5.69 Å². The van der Waals surface area contributed by atoms with E-state index >= 15 is 0 Å². The summed E-state index contributed by atoms with van der Waals surface area (Å²) >= 11 is 0. The van der Waals surface area contributed by atoms with Crippen LogP contribution in [0, 0.1) is 0 Å². The SMILES string of the molecule is CCC(C(=O)NC1CCCC1)N(Cc1cccc(OC)c1)C(=O)CN(c1cccc(C(C)=O)c1)S(C)(=O)=O. The zero-order chi connectivity index (χ0) is 27.9. The summed E-state index contributed by atoms with van der Waals surface area (Å²) < 4.78 is 31.9. The van der Waals surface area contributed by atoms with Crippen LogP contribution >= 0.6 is 0 Å². The number of amides is 2. The number of nitrogens with zero attached hydrogens (tertiary/aromatic N) is 2. The van der Waals surface area contributed by atoms with E-state index in [4.69, 9.17) is 4.74 Å². The third-order valence-electron chi connectivity index (χ3n) is 6.79. The van der Waals surface area contributed by atoms with Gasteiger partial charge >= 0.3 is 0 Å². The van der Waals surface area contributed by atoms with E-state index in [1.165, 1.54) is 24.0 Å². The average Bonchev–Trinajstić information content (AvgIpc) is 3.39. The number of carbonyl (C=O) groups is 3. The summed E-state index contributed by atoms with van der Waals surface area (Å²) in [7, 11) is -2.34. The zero-order valence-corrected chi connectivity index (χ0v) is 23.3. The highest BCUT2D eigenvalue weighted by atomic mass is 32.2. The molecule has 1 aliphatic carbocycles. The zero-order valence-electron chi connectivity index (χ0n) is 22.5. The molecular weight excluding hydrogens is 506 g/mol. The molecule has 1 fully saturated rings. The lowest BCUT2D eigenvalue weighted by molar-refractivity contribution is -0.140. The Balaban J connectivity index is 1.96. The Kier molecular flexibility index (Phi) is 9.90. The first-order valence-corrected chi connectivity index (χ1v) is 14.7. The Morgan fingerprint density at radius 3 is 2.37 bits per heavy atom. The fourth-order valence-electron chi connectivity index (χ4n) is 4.75. The van der Waals surface area contributed by atoms with Crippen molar-refractivity contribution < 1.29 is 27.5 Å². The van der Waals surface area contributed by atoms with Crippen molar-refractivity contribution >= 4 is 33.3 Å². The predicted molar refractivity (Wildman–Crippen MR) is 147 cm³/mol. The molecule has 0 heterocycles. The van der Waals surface area contributed by atoms with Crippen molar-refractivity contribution in [1.29, 1.82) is 0 Å². The van der Waals surface area contributed by atoms with Crippen molar-refractivity contribution in [3.63, 3.8) is 0 Å². The number of hydrogen-bond acceptors (Lipinski definition) is 6. The van der Waals surface area contributed by atoms with E-state index in [2.05, 4.69) is 5.32 Å². The molecule has 0 bridgehead atoms. The van der Waals surface area contributed by atoms with Gasteiger partial charge in [-0.25, -0.2) is 8.42 Å². The first-order chi connectivity index (χ1) is 18.0. The molecule has 2 amide bonds. The summed E-state index contributed by atoms with van der Waals surface area (Å²) in [5, 5.41) is 3.08. The van der Waals surface area contributed by atoms with Gasteiger partial charge in [0, 0.05) is 18.2 Å². The van der Waals surface area contributed by atoms with E-state index in [9.17, 15) is 22.8 Å². The third kappa shape index (κ3) is 7.56. The maximum atomic E-state index is 13.8. The minimum absolute atomic E-state index is 0.0761. The highest BCUT2D eigenvalue weighted by Gasteiger charge is 2.33. The lowest BCUT2D eigenvalue weighted by atomic mass is 10.1. The van der Waals surface area contributed by atoms with Crippen LogP contribution in [-0.4, -0.2) is 62.9 Å². The van der Waals surface area contributed by atoms with Crippen molar-refractivity contribution in [3.05, 3.63) is 59.7 Å². The Bertz CT molecular complexity index is 1260. The molecule has 2 aromatic carbocycles. The number of sulfonamides is 1. The lowest BCUT2D eigenvalue weighted by Crippen LogP contribution is -2.53. The summed E-state index contributed by atoms with van der Waals surface area (Å²) in [6.45, 7) is 2.80. The number of ether oxygens (including phenoxy) is 1. The molecule has 0 radical (unpaired) electrons. The van der Waals surface area contributed by atoms with Gasteiger partial charge in [0.1, 0.15) is 18.3 Å². The first-order valence-electron chi connectivity index (χ1n) is 12.8. The smallest absolute Gasteiger partial charge is 0.244 e. The molecule has 10 heteroatoms. The molecule has 1 aliphatic rings. The number of hydrogen-bond donors (Lipinski definition) is 1. The fraction of sp³-hybridized carbons (Fsp3) is 0.464. The summed E-state index contributed by atoms with van der Waals surface area (Å²) in [5.41, 5.74) is 1.28. The second-order valence-corrected chi connectivity index (χ2v) is 11.6. The molecule has 1 saturated carbocycles. The van der Waals surface area contributed by atoms with Crippen LogP contribution in [0.1, 0.15) is 61.9 Å². The molecule has 1 unspecified atom stereocenters. The second-order valence-electron chi connectivity index (χ2n) is 9.66. The Morgan fingerprint density at radius 1 is 1.08 bits per heavy atom. The number of methoxy groups -OCH3 is 1. The number of benzene rings is 2. The average molecular weight is 544 g/mol. The van der Waals surface area contributed by atoms with Gasteiger partial charge in [-0.2, -0.15) is 0 Å². The van der Waals surface area contributed by atoms with Gasteiger partial charge in [-0.05, 0) is 56.0 Å². The molecule has 206 valence electrons. The minimum Gasteiger partial charge on any atom is -0.497 e. The van der Waals surface area contributed by atoms with Gasteiger partial charge in [0.15, 0.2) is 5.78 Å². The van der Waals surface area contributed by atoms with E-state index in [-0.39, 0.29) is 30.0 Å². The van der Waals surface area contributed by atoms with E-state index < -0.39 is 28.5 Å². The van der Waals surface area contributed by atoms with Gasteiger partial charge in [-0.3, -0.25) is 18.7 Å². The van der Waals surface area contributed by atoms with Gasteiger partial charge in [0.2, 0.25) is 21.8 Å². The van der Waals surface area contributed by atoms with Crippen molar-refractivity contribution in [2.75, 3.05) is 24.2 Å². The molecule has 38 heavy (non-hydrogen) atoms. The summed E-state index contributed by atoms with van der Waals surface area (Å²) in [4.78, 5) is 40.5. The standard InChI is InChI=1S/C28H37N3O6S/c1-5-26(28(34)29-23-12-6-7-13-23)30(18-21-10-8-15-25(16-21)37-3)27(33)19-31(38(4,35)36)24-14-9-11-22(17-24)20(2)32/h8-11,14-17,23,26H,5-7,12-13,18-19H2,1-4H3,(H,29,34). The number of Topliss-reactive ketones (excluding diaryl/α,β-unsaturated/α-hetero) is 1. The van der Waals surface area contributed by atoms with E-state index in [1.807, 2.05) is 13.0 Å². The highest BCUT2D eigenvalue weighted by molar-refractivity contribution is 7.92. The van der Waals surface area contributed by atoms with Crippen molar-refractivity contribution in [1.82, 2.24) is 10.2 Å². The largest absolute Gasteiger partial charge is 0.497 e. The maximum absolute atomic E-state index is 13.8. The van der Waals surface area contributed by atoms with Crippen molar-refractivity contribution in [3.8, 4) is 5.75 Å². The monoisotopic (exact) mass is 543 g/mol. The molecule has 2 aromatic rings. The molecule has 9 nitrogen and oxygen atoms in total. The quantitative estimate of drug-likeness (QED) is 0.410. The molecule has 0 aromatic heterocycles. The molecule has 0 spiro atoms. The van der Waals surface area contributed by atoms with Crippen LogP contribution in [0.15, 0.2) is 48.5 Å². The number of carbonyl (C=O) groups excluding carboxylic acids is 3. The first kappa shape index (κ1) is 29.2. The van der Waals surface area contributed by atoms with Gasteiger partial charge in [0.05, 0.1) is 19.1 Å². The van der Waals surface area contributed by atoms with Gasteiger partial charge in [-0.15, -0.1) is 0 Å². The third-order valence-corrected chi connectivity index (χ3v) is 7.93. The van der Waals surface area contributed by atoms with Crippen LogP contribution in [0.3, 0.4) is 0 Å². The molecular formula is C28H37N3O6S. The van der Waals surface area contributed by atoms with Crippen LogP contribution in [0.2, 0.25) is 0 Å². The molecule has 0 aliphatic heterocycles. The molecule has 1 N–H and O–H groups in total. The van der Waals surface area contributed by atoms with Crippen molar-refractivity contribution in [2.45, 2.75) is 64.6 Å². The Labute approximate surface area is 225 Å². The minimum atomic E-state index is -3.89. The van der Waals surface area contributed by atoms with Crippen LogP contribution in [-0.2, 0) is 26.2 Å². The number of anilines is 1. The van der Waals surface area contributed by atoms with Crippen molar-refractivity contribution in [2.24, 2.45) is 0 Å². The Hall–Kier alpha value is -3.40. The van der Waals surface area contributed by atoms with Crippen LogP contribution in [0.5, 0.6) is 5.75 Å². The number of nitrogens with one attached hydrogen (secondary N) is 1. The fourth-order valence-corrected chi connectivity index (χ4v) is 5.59. The summed E-state index contributed by atoms with van der Waals surface area (Å²) in [6, 6.07) is 12.6. The second kappa shape index (κ2) is 12.9. The Morgan fingerprint density at radius 2 is 1.76 bits per heavy atom. The normalized spacial score (nSPS) is 14.5. The van der Waals surface area contributed by atoms with Gasteiger partial charge in [-0.1, -0.05) is 44.0 Å². The van der Waals surface area contributed by atoms with E-state index in [0.717, 1.165) is 41.8 Å². The summed E-state index contributed by atoms with van der Waals surface area (Å²) in [5.74, 6) is -0.391. The molecule has 0 saturated heterocycles. The highest BCUT2D eigenvalue weighted by Crippen LogP contribution is 2.23. The van der Waals surface area contributed by atoms with Gasteiger partial charge < -0.3 is 15.0 Å². The number of rotatable bonds is 12. The van der Waals surface area contributed by atoms with E-state index in [1.54, 1.807) is 37.4 Å². The molecule has 3 rings (SSSR count). The number of ketones is 1. The lowest BCUT2D eigenvalue weighted by Gasteiger charge is -2.33. The summed E-state index contributed by atoms with van der Waals surface area (Å²) in [6.07, 6.45) is 5.28. The van der Waals surface area contributed by atoms with Crippen LogP contribution < -0.4 is 14.4 Å². The van der Waals surface area contributed by atoms with E-state index in [0.29, 0.717) is 17.7 Å². The predicted octanol–water partition coefficient (Wildman–Crippen LogP) is 3.53. The topological polar surface area (TPSA) is 113 Å². The maximum Gasteiger partial charge on any atom is 0.244 e. The van der Waals surface area contributed by atoms with Crippen LogP contribution in [0.25, 0.3) is 0 Å². The van der Waals surface area contributed by atoms with Gasteiger partial charge in [0.25, 0.3) is 0 Å². The molecule has 1 atom stereocenters.